The Morgan fingerprint density at radius 3 is 2.77 bits per heavy atom. The van der Waals surface area contributed by atoms with E-state index in [1.165, 1.54) is 16.2 Å². The molecule has 2 heterocycles. The van der Waals surface area contributed by atoms with Gasteiger partial charge in [0.05, 0.1) is 12.9 Å². The lowest BCUT2D eigenvalue weighted by Crippen LogP contribution is -2.36. The van der Waals surface area contributed by atoms with Crippen LogP contribution in [0, 0.1) is 6.92 Å². The third kappa shape index (κ3) is 3.54. The van der Waals surface area contributed by atoms with Crippen LogP contribution in [0.15, 0.2) is 22.8 Å². The number of nitrogens with zero attached hydrogens (tertiary/aromatic N) is 2. The van der Waals surface area contributed by atoms with E-state index < -0.39 is 5.97 Å². The predicted molar refractivity (Wildman–Crippen MR) is 82.8 cm³/mol. The van der Waals surface area contributed by atoms with Crippen molar-refractivity contribution in [3.8, 4) is 10.8 Å². The van der Waals surface area contributed by atoms with Crippen LogP contribution in [0.1, 0.15) is 29.2 Å². The molecule has 22 heavy (non-hydrogen) atoms. The van der Waals surface area contributed by atoms with E-state index in [4.69, 9.17) is 9.15 Å². The molecule has 0 saturated heterocycles. The molecule has 118 valence electrons. The number of esters is 1. The van der Waals surface area contributed by atoms with Crippen LogP contribution in [0.3, 0.4) is 0 Å². The maximum atomic E-state index is 12.6. The second kappa shape index (κ2) is 7.22. The van der Waals surface area contributed by atoms with E-state index in [-0.39, 0.29) is 12.5 Å². The Bertz CT molecular complexity index is 649. The van der Waals surface area contributed by atoms with Crippen molar-refractivity contribution >= 4 is 23.2 Å². The molecule has 0 bridgehead atoms. The number of likely N-dealkylation sites (N-methyl/N-ethyl adjacent to an activating group) is 1. The highest BCUT2D eigenvalue weighted by Gasteiger charge is 2.23. The summed E-state index contributed by atoms with van der Waals surface area (Å²) < 4.78 is 10.2. The van der Waals surface area contributed by atoms with Crippen molar-refractivity contribution < 1.29 is 18.7 Å². The number of aryl methyl sites for hydroxylation is 1. The molecule has 0 aliphatic carbocycles. The zero-order chi connectivity index (χ0) is 16.1. The molecule has 0 aromatic carbocycles. The Hall–Kier alpha value is -2.15. The summed E-state index contributed by atoms with van der Waals surface area (Å²) in [6, 6.07) is 3.56. The summed E-state index contributed by atoms with van der Waals surface area (Å²) in [7, 11) is 0. The molecule has 0 atom stereocenters. The molecule has 2 aromatic heterocycles. The molecule has 7 heteroatoms. The average Bonchev–Trinajstić information content (AvgIpc) is 3.13. The molecule has 0 unspecified atom stereocenters. The minimum absolute atomic E-state index is 0.0732. The van der Waals surface area contributed by atoms with Gasteiger partial charge in [0.1, 0.15) is 12.2 Å². The lowest BCUT2D eigenvalue weighted by Gasteiger charge is -2.18. The third-order valence-corrected chi connectivity index (χ3v) is 4.01. The Morgan fingerprint density at radius 2 is 2.18 bits per heavy atom. The highest BCUT2D eigenvalue weighted by atomic mass is 32.1. The van der Waals surface area contributed by atoms with E-state index in [1.807, 2.05) is 13.8 Å². The van der Waals surface area contributed by atoms with Gasteiger partial charge < -0.3 is 14.1 Å². The molecule has 0 fully saturated rings. The Morgan fingerprint density at radius 1 is 1.41 bits per heavy atom. The van der Waals surface area contributed by atoms with Crippen molar-refractivity contribution in [1.29, 1.82) is 0 Å². The normalized spacial score (nSPS) is 10.5. The number of carbonyl (C=O) groups is 2. The highest BCUT2D eigenvalue weighted by molar-refractivity contribution is 7.15. The summed E-state index contributed by atoms with van der Waals surface area (Å²) in [4.78, 5) is 30.7. The van der Waals surface area contributed by atoms with Crippen LogP contribution in [-0.4, -0.2) is 41.5 Å². The zero-order valence-electron chi connectivity index (χ0n) is 12.8. The molecule has 0 aliphatic heterocycles. The summed E-state index contributed by atoms with van der Waals surface area (Å²) >= 11 is 1.39. The standard InChI is InChI=1S/C15H18N2O4S/c1-4-17(9-12(18)20-5-2)15(19)13-10(3)22-14(16-13)11-7-6-8-21-11/h6-8H,4-5,9H2,1-3H3. The third-order valence-electron chi connectivity index (χ3n) is 3.03. The molecular weight excluding hydrogens is 304 g/mol. The van der Waals surface area contributed by atoms with Crippen LogP contribution in [0.25, 0.3) is 10.8 Å². The van der Waals surface area contributed by atoms with Gasteiger partial charge in [0.15, 0.2) is 10.8 Å². The molecule has 0 aliphatic rings. The first-order valence-corrected chi connectivity index (χ1v) is 7.84. The SMILES string of the molecule is CCOC(=O)CN(CC)C(=O)c1nc(-c2ccco2)sc1C. The van der Waals surface area contributed by atoms with Gasteiger partial charge in [-0.25, -0.2) is 4.98 Å². The van der Waals surface area contributed by atoms with Gasteiger partial charge in [-0.3, -0.25) is 9.59 Å². The van der Waals surface area contributed by atoms with Gasteiger partial charge in [0.25, 0.3) is 5.91 Å². The van der Waals surface area contributed by atoms with Crippen LogP contribution >= 0.6 is 11.3 Å². The number of thiazole rings is 1. The van der Waals surface area contributed by atoms with Crippen molar-refractivity contribution in [3.05, 3.63) is 29.0 Å². The Balaban J connectivity index is 2.19. The van der Waals surface area contributed by atoms with Gasteiger partial charge in [0.2, 0.25) is 0 Å². The summed E-state index contributed by atoms with van der Waals surface area (Å²) in [6.07, 6.45) is 1.56. The number of furan rings is 1. The fourth-order valence-electron chi connectivity index (χ4n) is 1.94. The maximum absolute atomic E-state index is 12.6. The van der Waals surface area contributed by atoms with E-state index in [2.05, 4.69) is 4.98 Å². The number of carbonyl (C=O) groups excluding carboxylic acids is 2. The van der Waals surface area contributed by atoms with Gasteiger partial charge in [-0.05, 0) is 32.9 Å². The van der Waals surface area contributed by atoms with Gasteiger partial charge >= 0.3 is 5.97 Å². The van der Waals surface area contributed by atoms with E-state index in [0.717, 1.165) is 4.88 Å². The van der Waals surface area contributed by atoms with Crippen molar-refractivity contribution in [2.75, 3.05) is 19.7 Å². The van der Waals surface area contributed by atoms with E-state index in [1.54, 1.807) is 25.3 Å². The number of aromatic nitrogens is 1. The largest absolute Gasteiger partial charge is 0.465 e. The fourth-order valence-corrected chi connectivity index (χ4v) is 2.81. The molecule has 0 N–H and O–H groups in total. The van der Waals surface area contributed by atoms with Crippen molar-refractivity contribution in [1.82, 2.24) is 9.88 Å². The minimum Gasteiger partial charge on any atom is -0.465 e. The van der Waals surface area contributed by atoms with Gasteiger partial charge in [-0.15, -0.1) is 11.3 Å². The molecular formula is C15H18N2O4S. The van der Waals surface area contributed by atoms with Crippen LogP contribution in [-0.2, 0) is 9.53 Å². The van der Waals surface area contributed by atoms with Gasteiger partial charge in [-0.1, -0.05) is 0 Å². The molecule has 0 spiro atoms. The molecule has 2 rings (SSSR count). The summed E-state index contributed by atoms with van der Waals surface area (Å²) in [5, 5.41) is 0.651. The van der Waals surface area contributed by atoms with Gasteiger partial charge in [-0.2, -0.15) is 0 Å². The van der Waals surface area contributed by atoms with Gasteiger partial charge in [0, 0.05) is 11.4 Å². The number of amides is 1. The first-order chi connectivity index (χ1) is 10.6. The molecule has 6 nitrogen and oxygen atoms in total. The summed E-state index contributed by atoms with van der Waals surface area (Å²) in [5.74, 6) is -0.0699. The Labute approximate surface area is 132 Å². The number of rotatable bonds is 6. The average molecular weight is 322 g/mol. The zero-order valence-corrected chi connectivity index (χ0v) is 13.6. The minimum atomic E-state index is -0.420. The fraction of sp³-hybridized carbons (Fsp3) is 0.400. The maximum Gasteiger partial charge on any atom is 0.325 e. The van der Waals surface area contributed by atoms with Crippen molar-refractivity contribution in [2.45, 2.75) is 20.8 Å². The second-order valence-electron chi connectivity index (χ2n) is 4.53. The first kappa shape index (κ1) is 16.2. The first-order valence-electron chi connectivity index (χ1n) is 7.03. The Kier molecular flexibility index (Phi) is 5.32. The van der Waals surface area contributed by atoms with Crippen LogP contribution < -0.4 is 0 Å². The highest BCUT2D eigenvalue weighted by Crippen LogP contribution is 2.28. The predicted octanol–water partition coefficient (Wildman–Crippen LogP) is 2.74. The van der Waals surface area contributed by atoms with Crippen LogP contribution in [0.4, 0.5) is 0 Å². The quantitative estimate of drug-likeness (QED) is 0.765. The number of hydrogen-bond donors (Lipinski definition) is 0. The second-order valence-corrected chi connectivity index (χ2v) is 5.73. The molecule has 1 amide bonds. The summed E-state index contributed by atoms with van der Waals surface area (Å²) in [5.41, 5.74) is 0.350. The van der Waals surface area contributed by atoms with Crippen LogP contribution in [0.5, 0.6) is 0 Å². The monoisotopic (exact) mass is 322 g/mol. The van der Waals surface area contributed by atoms with Crippen molar-refractivity contribution in [3.63, 3.8) is 0 Å². The van der Waals surface area contributed by atoms with Crippen LogP contribution in [0.2, 0.25) is 0 Å². The molecule has 0 radical (unpaired) electrons. The smallest absolute Gasteiger partial charge is 0.325 e. The van der Waals surface area contributed by atoms with Crippen molar-refractivity contribution in [2.24, 2.45) is 0 Å². The van der Waals surface area contributed by atoms with E-state index in [9.17, 15) is 9.59 Å². The lowest BCUT2D eigenvalue weighted by molar-refractivity contribution is -0.143. The number of ether oxygens (including phenoxy) is 1. The number of hydrogen-bond acceptors (Lipinski definition) is 6. The topological polar surface area (TPSA) is 72.6 Å². The summed E-state index contributed by atoms with van der Waals surface area (Å²) in [6.45, 7) is 6.00. The lowest BCUT2D eigenvalue weighted by atomic mass is 10.3. The van der Waals surface area contributed by atoms with E-state index >= 15 is 0 Å². The molecule has 0 saturated carbocycles. The molecule has 2 aromatic rings. The van der Waals surface area contributed by atoms with E-state index in [0.29, 0.717) is 29.6 Å².